The first-order valence-electron chi connectivity index (χ1n) is 8.59. The Morgan fingerprint density at radius 1 is 1.11 bits per heavy atom. The lowest BCUT2D eigenvalue weighted by Crippen LogP contribution is -2.15. The normalized spacial score (nSPS) is 11.6. The van der Waals surface area contributed by atoms with Gasteiger partial charge < -0.3 is 14.5 Å². The van der Waals surface area contributed by atoms with E-state index in [9.17, 15) is 9.59 Å². The molecule has 0 saturated carbocycles. The third kappa shape index (κ3) is 3.89. The van der Waals surface area contributed by atoms with Gasteiger partial charge in [-0.2, -0.15) is 5.10 Å². The highest BCUT2D eigenvalue weighted by molar-refractivity contribution is 6.35. The van der Waals surface area contributed by atoms with Gasteiger partial charge in [-0.25, -0.2) is 14.6 Å². The lowest BCUT2D eigenvalue weighted by atomic mass is 10.1. The van der Waals surface area contributed by atoms with Crippen LogP contribution in [0.15, 0.2) is 35.6 Å². The van der Waals surface area contributed by atoms with E-state index in [0.29, 0.717) is 18.9 Å². The zero-order valence-corrected chi connectivity index (χ0v) is 15.3. The van der Waals surface area contributed by atoms with Crippen LogP contribution in [-0.2, 0) is 14.3 Å². The molecule has 2 N–H and O–H groups in total. The number of benzene rings is 1. The molecule has 0 aliphatic carbocycles. The van der Waals surface area contributed by atoms with Crippen LogP contribution in [0.1, 0.15) is 31.3 Å². The van der Waals surface area contributed by atoms with Crippen molar-refractivity contribution in [3.05, 3.63) is 36.2 Å². The van der Waals surface area contributed by atoms with E-state index in [-0.39, 0.29) is 11.4 Å². The molecule has 1 aromatic carbocycles. The molecule has 0 saturated heterocycles. The van der Waals surface area contributed by atoms with Crippen LogP contribution in [-0.4, -0.2) is 40.8 Å². The lowest BCUT2D eigenvalue weighted by molar-refractivity contribution is -0.135. The van der Waals surface area contributed by atoms with Gasteiger partial charge in [-0.3, -0.25) is 5.43 Å². The maximum Gasteiger partial charge on any atom is 0.356 e. The van der Waals surface area contributed by atoms with Crippen molar-refractivity contribution < 1.29 is 19.1 Å². The largest absolute Gasteiger partial charge is 0.461 e. The van der Waals surface area contributed by atoms with Crippen molar-refractivity contribution in [1.82, 2.24) is 9.97 Å². The Morgan fingerprint density at radius 3 is 2.59 bits per heavy atom. The Balaban J connectivity index is 1.94. The number of esters is 2. The van der Waals surface area contributed by atoms with Gasteiger partial charge in [0.1, 0.15) is 11.4 Å². The molecule has 140 valence electrons. The van der Waals surface area contributed by atoms with Crippen molar-refractivity contribution >= 4 is 45.1 Å². The first kappa shape index (κ1) is 18.4. The molecule has 8 nitrogen and oxygen atoms in total. The quantitative estimate of drug-likeness (QED) is 0.393. The van der Waals surface area contributed by atoms with Gasteiger partial charge in [0.2, 0.25) is 0 Å². The monoisotopic (exact) mass is 368 g/mol. The van der Waals surface area contributed by atoms with Crippen molar-refractivity contribution in [2.75, 3.05) is 18.6 Å². The number of hydrogen-bond donors (Lipinski definition) is 2. The van der Waals surface area contributed by atoms with E-state index in [1.807, 2.05) is 18.2 Å². The highest BCUT2D eigenvalue weighted by atomic mass is 16.5. The van der Waals surface area contributed by atoms with Crippen LogP contribution in [0.3, 0.4) is 0 Å². The summed E-state index contributed by atoms with van der Waals surface area (Å²) in [6.45, 7) is 5.65. The summed E-state index contributed by atoms with van der Waals surface area (Å²) in [5, 5.41) is 5.79. The Morgan fingerprint density at radius 2 is 1.85 bits per heavy atom. The minimum Gasteiger partial charge on any atom is -0.461 e. The summed E-state index contributed by atoms with van der Waals surface area (Å²) in [6.07, 6.45) is 1.61. The molecule has 27 heavy (non-hydrogen) atoms. The summed E-state index contributed by atoms with van der Waals surface area (Å²) in [4.78, 5) is 31.0. The summed E-state index contributed by atoms with van der Waals surface area (Å²) >= 11 is 0. The summed E-state index contributed by atoms with van der Waals surface area (Å²) in [5.41, 5.74) is 5.73. The van der Waals surface area contributed by atoms with Gasteiger partial charge in [0.25, 0.3) is 0 Å². The zero-order chi connectivity index (χ0) is 19.4. The number of ether oxygens (including phenoxy) is 2. The third-order valence-electron chi connectivity index (χ3n) is 3.89. The second-order valence-electron chi connectivity index (χ2n) is 5.75. The highest BCUT2D eigenvalue weighted by Crippen LogP contribution is 2.28. The van der Waals surface area contributed by atoms with E-state index in [2.05, 4.69) is 20.5 Å². The predicted octanol–water partition coefficient (Wildman–Crippen LogP) is 3.24. The molecule has 3 aromatic rings. The van der Waals surface area contributed by atoms with E-state index in [0.717, 1.165) is 21.8 Å². The number of carbonyl (C=O) groups is 2. The summed E-state index contributed by atoms with van der Waals surface area (Å²) in [5.74, 6) is -0.930. The van der Waals surface area contributed by atoms with Gasteiger partial charge in [-0.15, -0.1) is 0 Å². The molecule has 0 fully saturated rings. The molecule has 0 bridgehead atoms. The molecule has 0 spiro atoms. The van der Waals surface area contributed by atoms with E-state index in [1.54, 1.807) is 33.0 Å². The third-order valence-corrected chi connectivity index (χ3v) is 3.89. The van der Waals surface area contributed by atoms with Gasteiger partial charge in [0, 0.05) is 16.3 Å². The van der Waals surface area contributed by atoms with Gasteiger partial charge in [-0.05, 0) is 45.0 Å². The number of carbonyl (C=O) groups excluding carboxylic acids is 2. The molecule has 2 heterocycles. The van der Waals surface area contributed by atoms with Crippen molar-refractivity contribution in [2.45, 2.75) is 20.8 Å². The van der Waals surface area contributed by atoms with E-state index in [1.165, 1.54) is 0 Å². The standard InChI is InChI=1S/C19H20N4O4/c1-4-26-18(24)11(3)22-23-12-6-7-15-13(8-12)14-9-16(19(25)27-5-2)20-10-17(14)21-15/h6-10,21,23H,4-5H2,1-3H3/b22-11-. The van der Waals surface area contributed by atoms with Crippen LogP contribution in [0, 0.1) is 0 Å². The van der Waals surface area contributed by atoms with Crippen molar-refractivity contribution in [2.24, 2.45) is 5.10 Å². The van der Waals surface area contributed by atoms with E-state index in [4.69, 9.17) is 9.47 Å². The topological polar surface area (TPSA) is 106 Å². The number of H-pyrrole nitrogens is 1. The molecule has 8 heteroatoms. The number of hydrogen-bond acceptors (Lipinski definition) is 7. The first-order chi connectivity index (χ1) is 13.0. The maximum atomic E-state index is 11.9. The average Bonchev–Trinajstić information content (AvgIpc) is 3.03. The van der Waals surface area contributed by atoms with Crippen LogP contribution in [0.25, 0.3) is 21.8 Å². The number of fused-ring (bicyclic) bond motifs is 3. The number of nitrogens with zero attached hydrogens (tertiary/aromatic N) is 2. The Labute approximate surface area is 155 Å². The number of anilines is 1. The van der Waals surface area contributed by atoms with Crippen molar-refractivity contribution in [3.8, 4) is 0 Å². The van der Waals surface area contributed by atoms with Crippen LogP contribution < -0.4 is 5.43 Å². The maximum absolute atomic E-state index is 11.9. The predicted molar refractivity (Wildman–Crippen MR) is 103 cm³/mol. The van der Waals surface area contributed by atoms with Crippen LogP contribution in [0.2, 0.25) is 0 Å². The minimum atomic E-state index is -0.469. The van der Waals surface area contributed by atoms with Crippen LogP contribution >= 0.6 is 0 Å². The van der Waals surface area contributed by atoms with Gasteiger partial charge in [-0.1, -0.05) is 0 Å². The van der Waals surface area contributed by atoms with Gasteiger partial charge >= 0.3 is 11.9 Å². The SMILES string of the molecule is CCOC(=O)/C(C)=N\Nc1ccc2[nH]c3cnc(C(=O)OCC)cc3c2c1. The smallest absolute Gasteiger partial charge is 0.356 e. The summed E-state index contributed by atoms with van der Waals surface area (Å²) < 4.78 is 9.91. The minimum absolute atomic E-state index is 0.227. The van der Waals surface area contributed by atoms with Crippen molar-refractivity contribution in [3.63, 3.8) is 0 Å². The second-order valence-corrected chi connectivity index (χ2v) is 5.75. The molecule has 0 unspecified atom stereocenters. The number of pyridine rings is 1. The molecule has 0 atom stereocenters. The number of nitrogens with one attached hydrogen (secondary N) is 2. The molecular formula is C19H20N4O4. The molecule has 3 rings (SSSR count). The highest BCUT2D eigenvalue weighted by Gasteiger charge is 2.12. The van der Waals surface area contributed by atoms with Crippen molar-refractivity contribution in [1.29, 1.82) is 0 Å². The molecule has 2 aromatic heterocycles. The Kier molecular flexibility index (Phi) is 5.35. The molecule has 0 aliphatic heterocycles. The zero-order valence-electron chi connectivity index (χ0n) is 15.3. The molecule has 0 amide bonds. The van der Waals surface area contributed by atoms with E-state index < -0.39 is 11.9 Å². The van der Waals surface area contributed by atoms with Crippen LogP contribution in [0.5, 0.6) is 0 Å². The average molecular weight is 368 g/mol. The van der Waals surface area contributed by atoms with Gasteiger partial charge in [0.15, 0.2) is 0 Å². The van der Waals surface area contributed by atoms with Gasteiger partial charge in [0.05, 0.1) is 30.6 Å². The fourth-order valence-electron chi connectivity index (χ4n) is 2.61. The fraction of sp³-hybridized carbons (Fsp3) is 0.263. The lowest BCUT2D eigenvalue weighted by Gasteiger charge is -2.04. The summed E-state index contributed by atoms with van der Waals surface area (Å²) in [7, 11) is 0. The fourth-order valence-corrected chi connectivity index (χ4v) is 2.61. The Bertz CT molecular complexity index is 1040. The number of aromatic amines is 1. The Hall–Kier alpha value is -3.42. The van der Waals surface area contributed by atoms with E-state index >= 15 is 0 Å². The van der Waals surface area contributed by atoms with Crippen LogP contribution in [0.4, 0.5) is 5.69 Å². The number of aromatic nitrogens is 2. The molecule has 0 radical (unpaired) electrons. The summed E-state index contributed by atoms with van der Waals surface area (Å²) in [6, 6.07) is 7.30. The molecule has 0 aliphatic rings. The number of hydrazone groups is 1. The second kappa shape index (κ2) is 7.86. The first-order valence-corrected chi connectivity index (χ1v) is 8.59. The number of rotatable bonds is 6. The molecular weight excluding hydrogens is 348 g/mol.